The predicted molar refractivity (Wildman–Crippen MR) is 107 cm³/mol. The van der Waals surface area contributed by atoms with Crippen molar-refractivity contribution in [2.45, 2.75) is 45.1 Å². The quantitative estimate of drug-likeness (QED) is 0.882. The number of aromatic nitrogens is 2. The fourth-order valence-corrected chi connectivity index (χ4v) is 4.15. The van der Waals surface area contributed by atoms with Gasteiger partial charge in [0, 0.05) is 43.7 Å². The molecule has 1 N–H and O–H groups in total. The molecule has 2 aliphatic heterocycles. The topological polar surface area (TPSA) is 67.3 Å². The summed E-state index contributed by atoms with van der Waals surface area (Å²) in [6.45, 7) is 5.38. The minimum Gasteiger partial charge on any atom is -0.496 e. The maximum Gasteiger partial charge on any atom is 0.227 e. The van der Waals surface area contributed by atoms with Gasteiger partial charge in [-0.15, -0.1) is 0 Å². The molecule has 2 aliphatic rings. The third-order valence-corrected chi connectivity index (χ3v) is 5.78. The van der Waals surface area contributed by atoms with Gasteiger partial charge < -0.3 is 15.0 Å². The number of methoxy groups -OCH3 is 1. The van der Waals surface area contributed by atoms with Crippen LogP contribution in [0.5, 0.6) is 5.75 Å². The van der Waals surface area contributed by atoms with Crippen LogP contribution in [0.2, 0.25) is 0 Å². The predicted octanol–water partition coefficient (Wildman–Crippen LogP) is 2.39. The van der Waals surface area contributed by atoms with Gasteiger partial charge in [0.2, 0.25) is 5.91 Å². The number of carbonyl (C=O) groups excluding carboxylic acids is 1. The van der Waals surface area contributed by atoms with Crippen molar-refractivity contribution in [3.05, 3.63) is 52.6 Å². The molecule has 4 rings (SSSR count). The van der Waals surface area contributed by atoms with Crippen molar-refractivity contribution >= 4 is 5.91 Å². The highest BCUT2D eigenvalue weighted by molar-refractivity contribution is 5.79. The minimum atomic E-state index is 0.149. The molecule has 1 saturated heterocycles. The van der Waals surface area contributed by atoms with E-state index < -0.39 is 0 Å². The van der Waals surface area contributed by atoms with E-state index in [0.717, 1.165) is 66.4 Å². The molecular formula is C22H28N4O2. The Morgan fingerprint density at radius 3 is 3.04 bits per heavy atom. The van der Waals surface area contributed by atoms with Crippen LogP contribution < -0.4 is 10.1 Å². The first kappa shape index (κ1) is 18.9. The number of benzene rings is 1. The Morgan fingerprint density at radius 1 is 1.39 bits per heavy atom. The number of aryl methyl sites for hydroxylation is 1. The lowest BCUT2D eigenvalue weighted by atomic mass is 9.98. The molecule has 2 aromatic rings. The van der Waals surface area contributed by atoms with Crippen molar-refractivity contribution in [1.29, 1.82) is 0 Å². The molecule has 0 saturated carbocycles. The Balaban J connectivity index is 1.42. The lowest BCUT2D eigenvalue weighted by Crippen LogP contribution is -2.38. The van der Waals surface area contributed by atoms with Crippen molar-refractivity contribution in [2.75, 3.05) is 26.7 Å². The number of piperidine rings is 1. The number of amides is 1. The van der Waals surface area contributed by atoms with E-state index in [4.69, 9.17) is 9.72 Å². The Morgan fingerprint density at radius 2 is 2.29 bits per heavy atom. The molecular weight excluding hydrogens is 352 g/mol. The highest BCUT2D eigenvalue weighted by Gasteiger charge is 2.24. The molecule has 0 bridgehead atoms. The van der Waals surface area contributed by atoms with Crippen LogP contribution in [0.15, 0.2) is 24.4 Å². The molecule has 0 unspecified atom stereocenters. The van der Waals surface area contributed by atoms with Crippen molar-refractivity contribution < 1.29 is 9.53 Å². The second kappa shape index (κ2) is 8.27. The average molecular weight is 380 g/mol. The first-order chi connectivity index (χ1) is 13.6. The molecule has 3 heterocycles. The Bertz CT molecular complexity index is 862. The smallest absolute Gasteiger partial charge is 0.227 e. The summed E-state index contributed by atoms with van der Waals surface area (Å²) in [4.78, 5) is 24.2. The third-order valence-electron chi connectivity index (χ3n) is 5.78. The van der Waals surface area contributed by atoms with Gasteiger partial charge in [0.05, 0.1) is 19.2 Å². The molecule has 6 heteroatoms. The van der Waals surface area contributed by atoms with Gasteiger partial charge in [-0.25, -0.2) is 9.97 Å². The highest BCUT2D eigenvalue weighted by Crippen LogP contribution is 2.24. The first-order valence-electron chi connectivity index (χ1n) is 10.1. The standard InChI is InChI=1S/C22H28N4O2/c1-15-10-16(5-6-20(15)28-2)11-21(27)26-9-7-19-18(14-26)13-24-22(25-19)17-4-3-8-23-12-17/h5-6,10,13,17,23H,3-4,7-9,11-12,14H2,1-2H3/t17-/m1/s1. The van der Waals surface area contributed by atoms with Gasteiger partial charge in [0.1, 0.15) is 11.6 Å². The summed E-state index contributed by atoms with van der Waals surface area (Å²) in [6, 6.07) is 5.93. The van der Waals surface area contributed by atoms with Crippen LogP contribution >= 0.6 is 0 Å². The van der Waals surface area contributed by atoms with Crippen LogP contribution in [0, 0.1) is 6.92 Å². The van der Waals surface area contributed by atoms with Gasteiger partial charge >= 0.3 is 0 Å². The van der Waals surface area contributed by atoms with Crippen LogP contribution in [-0.2, 0) is 24.2 Å². The fraction of sp³-hybridized carbons (Fsp3) is 0.500. The molecule has 6 nitrogen and oxygen atoms in total. The Kier molecular flexibility index (Phi) is 5.57. The van der Waals surface area contributed by atoms with E-state index in [9.17, 15) is 4.79 Å². The van der Waals surface area contributed by atoms with Crippen LogP contribution in [0.4, 0.5) is 0 Å². The number of ether oxygens (including phenoxy) is 1. The van der Waals surface area contributed by atoms with Crippen molar-refractivity contribution in [2.24, 2.45) is 0 Å². The Labute approximate surface area is 166 Å². The van der Waals surface area contributed by atoms with Gasteiger partial charge in [0.25, 0.3) is 0 Å². The van der Waals surface area contributed by atoms with Gasteiger partial charge in [-0.3, -0.25) is 4.79 Å². The zero-order chi connectivity index (χ0) is 19.5. The van der Waals surface area contributed by atoms with Crippen LogP contribution in [-0.4, -0.2) is 47.5 Å². The number of carbonyl (C=O) groups is 1. The van der Waals surface area contributed by atoms with Gasteiger partial charge in [0.15, 0.2) is 0 Å². The summed E-state index contributed by atoms with van der Waals surface area (Å²) in [6.07, 6.45) is 5.48. The number of nitrogens with one attached hydrogen (secondary N) is 1. The van der Waals surface area contributed by atoms with Crippen molar-refractivity contribution in [1.82, 2.24) is 20.2 Å². The molecule has 1 fully saturated rings. The summed E-state index contributed by atoms with van der Waals surface area (Å²) in [7, 11) is 1.66. The molecule has 0 aliphatic carbocycles. The summed E-state index contributed by atoms with van der Waals surface area (Å²) < 4.78 is 5.30. The number of nitrogens with zero attached hydrogens (tertiary/aromatic N) is 3. The van der Waals surface area contributed by atoms with E-state index in [1.54, 1.807) is 7.11 Å². The number of hydrogen-bond donors (Lipinski definition) is 1. The summed E-state index contributed by atoms with van der Waals surface area (Å²) >= 11 is 0. The van der Waals surface area contributed by atoms with E-state index in [2.05, 4.69) is 10.3 Å². The number of rotatable bonds is 4. The lowest BCUT2D eigenvalue weighted by molar-refractivity contribution is -0.131. The maximum atomic E-state index is 12.8. The van der Waals surface area contributed by atoms with E-state index in [-0.39, 0.29) is 5.91 Å². The molecule has 1 aromatic heterocycles. The second-order valence-corrected chi connectivity index (χ2v) is 7.79. The second-order valence-electron chi connectivity index (χ2n) is 7.79. The normalized spacial score (nSPS) is 19.2. The monoisotopic (exact) mass is 380 g/mol. The van der Waals surface area contributed by atoms with Crippen molar-refractivity contribution in [3.8, 4) is 5.75 Å². The maximum absolute atomic E-state index is 12.8. The zero-order valence-electron chi connectivity index (χ0n) is 16.7. The van der Waals surface area contributed by atoms with Gasteiger partial charge in [-0.05, 0) is 43.5 Å². The SMILES string of the molecule is COc1ccc(CC(=O)N2CCc3nc([C@@H]4CCCNC4)ncc3C2)cc1C. The molecule has 0 radical (unpaired) electrons. The van der Waals surface area contributed by atoms with Crippen LogP contribution in [0.25, 0.3) is 0 Å². The van der Waals surface area contributed by atoms with E-state index in [1.165, 1.54) is 6.42 Å². The van der Waals surface area contributed by atoms with Gasteiger partial charge in [-0.1, -0.05) is 12.1 Å². The largest absolute Gasteiger partial charge is 0.496 e. The third kappa shape index (κ3) is 4.02. The Hall–Kier alpha value is -2.47. The summed E-state index contributed by atoms with van der Waals surface area (Å²) in [5, 5.41) is 3.43. The molecule has 1 atom stereocenters. The van der Waals surface area contributed by atoms with E-state index >= 15 is 0 Å². The number of hydrogen-bond acceptors (Lipinski definition) is 5. The van der Waals surface area contributed by atoms with Crippen molar-refractivity contribution in [3.63, 3.8) is 0 Å². The zero-order valence-corrected chi connectivity index (χ0v) is 16.7. The molecule has 0 spiro atoms. The molecule has 28 heavy (non-hydrogen) atoms. The fourth-order valence-electron chi connectivity index (χ4n) is 4.15. The first-order valence-corrected chi connectivity index (χ1v) is 10.1. The molecule has 148 valence electrons. The van der Waals surface area contributed by atoms with Crippen LogP contribution in [0.3, 0.4) is 0 Å². The summed E-state index contributed by atoms with van der Waals surface area (Å²) in [5.41, 5.74) is 4.26. The average Bonchev–Trinajstić information content (AvgIpc) is 2.73. The number of fused-ring (bicyclic) bond motifs is 1. The minimum absolute atomic E-state index is 0.149. The van der Waals surface area contributed by atoms with Crippen LogP contribution in [0.1, 0.15) is 47.0 Å². The van der Waals surface area contributed by atoms with Gasteiger partial charge in [-0.2, -0.15) is 0 Å². The summed E-state index contributed by atoms with van der Waals surface area (Å²) in [5.74, 6) is 2.37. The molecule has 1 amide bonds. The molecule has 1 aromatic carbocycles. The highest BCUT2D eigenvalue weighted by atomic mass is 16.5. The van der Waals surface area contributed by atoms with E-state index in [0.29, 0.717) is 18.9 Å². The van der Waals surface area contributed by atoms with E-state index in [1.807, 2.05) is 36.2 Å². The lowest BCUT2D eigenvalue weighted by Gasteiger charge is -2.29.